The number of carbonyl (C=O) groups is 1. The largest absolute Gasteiger partial charge is 0.411 e. The molecule has 0 aliphatic heterocycles. The molecular formula is C7H9ClN2O2. The molecule has 4 nitrogen and oxygen atoms in total. The van der Waals surface area contributed by atoms with E-state index in [-0.39, 0.29) is 6.04 Å². The van der Waals surface area contributed by atoms with E-state index in [1.165, 1.54) is 6.20 Å². The molecule has 0 saturated carbocycles. The summed E-state index contributed by atoms with van der Waals surface area (Å²) in [5.41, 5.74) is -0.849. The first-order chi connectivity index (χ1) is 5.59. The smallest absolute Gasteiger partial charge is 0.409 e. The second-order valence-corrected chi connectivity index (χ2v) is 2.90. The van der Waals surface area contributed by atoms with Crippen molar-refractivity contribution in [1.82, 2.24) is 9.78 Å². The third kappa shape index (κ3) is 2.23. The number of carbonyl (C=O) groups excluding carboxylic acids is 1. The molecule has 0 aromatic carbocycles. The van der Waals surface area contributed by atoms with Crippen LogP contribution in [0.5, 0.6) is 5.75 Å². The summed E-state index contributed by atoms with van der Waals surface area (Å²) in [7, 11) is 0. The molecule has 0 aliphatic rings. The van der Waals surface area contributed by atoms with E-state index >= 15 is 0 Å². The van der Waals surface area contributed by atoms with Crippen LogP contribution in [-0.2, 0) is 0 Å². The summed E-state index contributed by atoms with van der Waals surface area (Å²) >= 11 is 5.00. The maximum atomic E-state index is 10.3. The molecule has 66 valence electrons. The van der Waals surface area contributed by atoms with Crippen LogP contribution in [0.1, 0.15) is 19.9 Å². The summed E-state index contributed by atoms with van der Waals surface area (Å²) in [5, 5.41) is 3.95. The minimum atomic E-state index is -0.849. The monoisotopic (exact) mass is 188 g/mol. The molecule has 0 saturated heterocycles. The van der Waals surface area contributed by atoms with Crippen molar-refractivity contribution in [2.24, 2.45) is 0 Å². The number of aromatic nitrogens is 2. The first kappa shape index (κ1) is 9.06. The van der Waals surface area contributed by atoms with Gasteiger partial charge in [-0.25, -0.2) is 4.79 Å². The van der Waals surface area contributed by atoms with Crippen LogP contribution in [0.3, 0.4) is 0 Å². The fourth-order valence-electron chi connectivity index (χ4n) is 0.748. The van der Waals surface area contributed by atoms with Crippen molar-refractivity contribution in [2.45, 2.75) is 19.9 Å². The number of ether oxygens (including phenoxy) is 1. The molecule has 0 bridgehead atoms. The van der Waals surface area contributed by atoms with Crippen LogP contribution < -0.4 is 4.74 Å². The Bertz CT molecular complexity index is 283. The van der Waals surface area contributed by atoms with Gasteiger partial charge in [0, 0.05) is 17.6 Å². The highest BCUT2D eigenvalue weighted by atomic mass is 35.5. The first-order valence-electron chi connectivity index (χ1n) is 3.51. The van der Waals surface area contributed by atoms with E-state index in [1.807, 2.05) is 13.8 Å². The molecule has 0 aliphatic carbocycles. The fourth-order valence-corrected chi connectivity index (χ4v) is 0.837. The maximum Gasteiger partial charge on any atom is 0.409 e. The SMILES string of the molecule is CC(C)n1cc(OC(=O)Cl)cn1. The molecular weight excluding hydrogens is 180 g/mol. The van der Waals surface area contributed by atoms with Crippen LogP contribution in [0.25, 0.3) is 0 Å². The van der Waals surface area contributed by atoms with Crippen molar-refractivity contribution in [3.63, 3.8) is 0 Å². The topological polar surface area (TPSA) is 44.1 Å². The summed E-state index contributed by atoms with van der Waals surface area (Å²) in [6.07, 6.45) is 3.06. The molecule has 0 atom stereocenters. The summed E-state index contributed by atoms with van der Waals surface area (Å²) < 4.78 is 6.26. The number of halogens is 1. The van der Waals surface area contributed by atoms with E-state index in [0.717, 1.165) is 0 Å². The Morgan fingerprint density at radius 3 is 2.83 bits per heavy atom. The molecule has 1 aromatic heterocycles. The standard InChI is InChI=1S/C7H9ClN2O2/c1-5(2)10-4-6(3-9-10)12-7(8)11/h3-5H,1-2H3. The first-order valence-corrected chi connectivity index (χ1v) is 3.89. The van der Waals surface area contributed by atoms with Gasteiger partial charge in [-0.3, -0.25) is 4.68 Å². The van der Waals surface area contributed by atoms with Gasteiger partial charge >= 0.3 is 5.43 Å². The fraction of sp³-hybridized carbons (Fsp3) is 0.429. The van der Waals surface area contributed by atoms with Crippen LogP contribution in [0, 0.1) is 0 Å². The van der Waals surface area contributed by atoms with Gasteiger partial charge in [0.2, 0.25) is 0 Å². The molecule has 0 spiro atoms. The Morgan fingerprint density at radius 2 is 2.42 bits per heavy atom. The van der Waals surface area contributed by atoms with Gasteiger partial charge in [-0.15, -0.1) is 0 Å². The number of rotatable bonds is 2. The molecule has 12 heavy (non-hydrogen) atoms. The van der Waals surface area contributed by atoms with Gasteiger partial charge in [-0.05, 0) is 13.8 Å². The lowest BCUT2D eigenvalue weighted by Crippen LogP contribution is -2.00. The average Bonchev–Trinajstić information content (AvgIpc) is 2.34. The van der Waals surface area contributed by atoms with Gasteiger partial charge in [-0.1, -0.05) is 0 Å². The molecule has 0 amide bonds. The van der Waals surface area contributed by atoms with Gasteiger partial charge in [0.15, 0.2) is 5.75 Å². The molecule has 0 N–H and O–H groups in total. The summed E-state index contributed by atoms with van der Waals surface area (Å²) in [6.45, 7) is 3.94. The van der Waals surface area contributed by atoms with Gasteiger partial charge < -0.3 is 4.74 Å². The highest BCUT2D eigenvalue weighted by molar-refractivity contribution is 6.61. The van der Waals surface area contributed by atoms with Crippen molar-refractivity contribution < 1.29 is 9.53 Å². The Morgan fingerprint density at radius 1 is 1.75 bits per heavy atom. The Kier molecular flexibility index (Phi) is 2.70. The molecule has 5 heteroatoms. The van der Waals surface area contributed by atoms with Crippen LogP contribution in [0.4, 0.5) is 4.79 Å². The van der Waals surface area contributed by atoms with Crippen molar-refractivity contribution in [3.8, 4) is 5.75 Å². The molecule has 1 heterocycles. The van der Waals surface area contributed by atoms with E-state index < -0.39 is 5.43 Å². The Labute approximate surface area is 75.1 Å². The zero-order valence-corrected chi connectivity index (χ0v) is 7.58. The molecule has 1 aromatic rings. The predicted octanol–water partition coefficient (Wildman–Crippen LogP) is 2.20. The number of hydrogen-bond acceptors (Lipinski definition) is 3. The Hall–Kier alpha value is -1.03. The van der Waals surface area contributed by atoms with Crippen molar-refractivity contribution in [3.05, 3.63) is 12.4 Å². The van der Waals surface area contributed by atoms with Crippen molar-refractivity contribution >= 4 is 17.0 Å². The lowest BCUT2D eigenvalue weighted by atomic mass is 10.4. The predicted molar refractivity (Wildman–Crippen MR) is 44.5 cm³/mol. The molecule has 0 radical (unpaired) electrons. The third-order valence-electron chi connectivity index (χ3n) is 1.30. The second kappa shape index (κ2) is 3.58. The maximum absolute atomic E-state index is 10.3. The van der Waals surface area contributed by atoms with Crippen molar-refractivity contribution in [1.29, 1.82) is 0 Å². The summed E-state index contributed by atoms with van der Waals surface area (Å²) in [6, 6.07) is 0.243. The quantitative estimate of drug-likeness (QED) is 0.669. The number of nitrogens with zero attached hydrogens (tertiary/aromatic N) is 2. The normalized spacial score (nSPS) is 10.3. The average molecular weight is 189 g/mol. The van der Waals surface area contributed by atoms with Crippen molar-refractivity contribution in [2.75, 3.05) is 0 Å². The Balaban J connectivity index is 2.70. The van der Waals surface area contributed by atoms with E-state index in [0.29, 0.717) is 5.75 Å². The lowest BCUT2D eigenvalue weighted by Gasteiger charge is -2.02. The van der Waals surface area contributed by atoms with E-state index in [2.05, 4.69) is 9.84 Å². The van der Waals surface area contributed by atoms with Gasteiger partial charge in [-0.2, -0.15) is 5.10 Å². The zero-order valence-electron chi connectivity index (χ0n) is 6.82. The molecule has 0 fully saturated rings. The van der Waals surface area contributed by atoms with Gasteiger partial charge in [0.25, 0.3) is 0 Å². The van der Waals surface area contributed by atoms with E-state index in [1.54, 1.807) is 10.9 Å². The second-order valence-electron chi connectivity index (χ2n) is 2.59. The lowest BCUT2D eigenvalue weighted by molar-refractivity contribution is 0.225. The van der Waals surface area contributed by atoms with Crippen LogP contribution in [-0.4, -0.2) is 15.2 Å². The summed E-state index contributed by atoms with van der Waals surface area (Å²) in [5.74, 6) is 0.365. The van der Waals surface area contributed by atoms with Crippen LogP contribution in [0.2, 0.25) is 0 Å². The molecule has 1 rings (SSSR count). The molecule has 0 unspecified atom stereocenters. The highest BCUT2D eigenvalue weighted by Crippen LogP contribution is 2.13. The summed E-state index contributed by atoms with van der Waals surface area (Å²) in [4.78, 5) is 10.3. The van der Waals surface area contributed by atoms with E-state index in [4.69, 9.17) is 11.6 Å². The van der Waals surface area contributed by atoms with Crippen LogP contribution >= 0.6 is 11.6 Å². The highest BCUT2D eigenvalue weighted by Gasteiger charge is 2.04. The third-order valence-corrected chi connectivity index (χ3v) is 1.38. The minimum absolute atomic E-state index is 0.243. The van der Waals surface area contributed by atoms with Crippen LogP contribution in [0.15, 0.2) is 12.4 Å². The van der Waals surface area contributed by atoms with Gasteiger partial charge in [0.1, 0.15) is 0 Å². The minimum Gasteiger partial charge on any atom is -0.411 e. The number of hydrogen-bond donors (Lipinski definition) is 0. The zero-order chi connectivity index (χ0) is 9.14. The van der Waals surface area contributed by atoms with E-state index in [9.17, 15) is 4.79 Å². The van der Waals surface area contributed by atoms with Gasteiger partial charge in [0.05, 0.1) is 12.4 Å².